The maximum Gasteiger partial charge on any atom is 0.246 e. The van der Waals surface area contributed by atoms with Gasteiger partial charge in [0, 0.05) is 38.6 Å². The number of anilines is 1. The zero-order valence-corrected chi connectivity index (χ0v) is 10.9. The Labute approximate surface area is 108 Å². The lowest BCUT2D eigenvalue weighted by Gasteiger charge is -2.34. The van der Waals surface area contributed by atoms with Gasteiger partial charge in [0.15, 0.2) is 0 Å². The highest BCUT2D eigenvalue weighted by atomic mass is 79.9. The highest BCUT2D eigenvalue weighted by molar-refractivity contribution is 9.10. The van der Waals surface area contributed by atoms with Crippen LogP contribution in [0.3, 0.4) is 0 Å². The van der Waals surface area contributed by atoms with Crippen LogP contribution in [0.4, 0.5) is 5.95 Å². The average molecular weight is 297 g/mol. The first-order valence-corrected chi connectivity index (χ1v) is 6.14. The Morgan fingerprint density at radius 2 is 1.88 bits per heavy atom. The third-order valence-electron chi connectivity index (χ3n) is 2.66. The summed E-state index contributed by atoms with van der Waals surface area (Å²) < 4.78 is 0.863. The fraction of sp³-hybridized carbons (Fsp3) is 0.364. The summed E-state index contributed by atoms with van der Waals surface area (Å²) in [6, 6.07) is 0. The number of halogens is 1. The predicted octanol–water partition coefficient (Wildman–Crippen LogP) is 1.07. The Bertz CT molecular complexity index is 412. The van der Waals surface area contributed by atoms with E-state index in [1.54, 1.807) is 17.3 Å². The zero-order valence-electron chi connectivity index (χ0n) is 9.34. The number of carbonyl (C=O) groups is 1. The van der Waals surface area contributed by atoms with Crippen LogP contribution in [0.2, 0.25) is 0 Å². The molecule has 90 valence electrons. The summed E-state index contributed by atoms with van der Waals surface area (Å²) in [6.07, 6.45) is 4.80. The molecule has 1 aromatic rings. The quantitative estimate of drug-likeness (QED) is 0.766. The van der Waals surface area contributed by atoms with E-state index in [2.05, 4.69) is 37.4 Å². The van der Waals surface area contributed by atoms with E-state index in [0.29, 0.717) is 19.0 Å². The Hall–Kier alpha value is -1.43. The van der Waals surface area contributed by atoms with Crippen LogP contribution in [0.25, 0.3) is 0 Å². The number of amides is 1. The van der Waals surface area contributed by atoms with Gasteiger partial charge in [-0.25, -0.2) is 9.97 Å². The molecule has 0 radical (unpaired) electrons. The van der Waals surface area contributed by atoms with Crippen molar-refractivity contribution in [2.45, 2.75) is 0 Å². The fourth-order valence-corrected chi connectivity index (χ4v) is 1.93. The number of nitrogens with zero attached hydrogens (tertiary/aromatic N) is 4. The molecule has 0 aromatic carbocycles. The molecule has 1 aliphatic rings. The Morgan fingerprint density at radius 1 is 1.29 bits per heavy atom. The Balaban J connectivity index is 1.97. The molecule has 1 fully saturated rings. The van der Waals surface area contributed by atoms with Gasteiger partial charge in [-0.15, -0.1) is 0 Å². The molecule has 2 heterocycles. The van der Waals surface area contributed by atoms with E-state index in [4.69, 9.17) is 0 Å². The van der Waals surface area contributed by atoms with Crippen LogP contribution in [0.5, 0.6) is 0 Å². The van der Waals surface area contributed by atoms with Crippen LogP contribution in [0.1, 0.15) is 0 Å². The van der Waals surface area contributed by atoms with E-state index >= 15 is 0 Å². The summed E-state index contributed by atoms with van der Waals surface area (Å²) in [5, 5.41) is 0. The van der Waals surface area contributed by atoms with E-state index < -0.39 is 0 Å². The van der Waals surface area contributed by atoms with Crippen molar-refractivity contribution in [3.63, 3.8) is 0 Å². The van der Waals surface area contributed by atoms with Gasteiger partial charge in [-0.05, 0) is 22.0 Å². The first kappa shape index (κ1) is 12.0. The molecule has 1 saturated heterocycles. The van der Waals surface area contributed by atoms with Crippen LogP contribution >= 0.6 is 15.9 Å². The normalized spacial score (nSPS) is 15.8. The molecule has 0 atom stereocenters. The van der Waals surface area contributed by atoms with Crippen LogP contribution < -0.4 is 4.90 Å². The number of carbonyl (C=O) groups excluding carboxylic acids is 1. The molecule has 0 aliphatic carbocycles. The summed E-state index contributed by atoms with van der Waals surface area (Å²) in [6.45, 7) is 6.36. The lowest BCUT2D eigenvalue weighted by molar-refractivity contribution is -0.126. The first-order chi connectivity index (χ1) is 8.20. The van der Waals surface area contributed by atoms with Crippen molar-refractivity contribution < 1.29 is 4.79 Å². The topological polar surface area (TPSA) is 49.3 Å². The minimum absolute atomic E-state index is 0.0126. The fourth-order valence-electron chi connectivity index (χ4n) is 1.72. The van der Waals surface area contributed by atoms with Gasteiger partial charge in [-0.2, -0.15) is 0 Å². The molecule has 1 amide bonds. The second-order valence-corrected chi connectivity index (χ2v) is 4.63. The van der Waals surface area contributed by atoms with Crippen molar-refractivity contribution in [3.05, 3.63) is 29.5 Å². The molecule has 1 aromatic heterocycles. The van der Waals surface area contributed by atoms with Gasteiger partial charge >= 0.3 is 0 Å². The summed E-state index contributed by atoms with van der Waals surface area (Å²) >= 11 is 3.30. The number of hydrogen-bond acceptors (Lipinski definition) is 4. The predicted molar refractivity (Wildman–Crippen MR) is 68.7 cm³/mol. The SMILES string of the molecule is C=CC(=O)N1CCN(c2ncc(Br)cn2)CC1. The number of piperazine rings is 1. The highest BCUT2D eigenvalue weighted by Gasteiger charge is 2.20. The monoisotopic (exact) mass is 296 g/mol. The molecule has 0 saturated carbocycles. The van der Waals surface area contributed by atoms with E-state index in [-0.39, 0.29) is 5.91 Å². The van der Waals surface area contributed by atoms with Gasteiger partial charge in [-0.1, -0.05) is 6.58 Å². The number of aromatic nitrogens is 2. The lowest BCUT2D eigenvalue weighted by atomic mass is 10.3. The molecule has 6 heteroatoms. The van der Waals surface area contributed by atoms with Crippen LogP contribution in [0, 0.1) is 0 Å². The minimum atomic E-state index is -0.0126. The molecular formula is C11H13BrN4O. The summed E-state index contributed by atoms with van der Waals surface area (Å²) in [5.41, 5.74) is 0. The molecule has 0 unspecified atom stereocenters. The van der Waals surface area contributed by atoms with Gasteiger partial charge < -0.3 is 9.80 Å². The van der Waals surface area contributed by atoms with Gasteiger partial charge in [0.1, 0.15) is 0 Å². The van der Waals surface area contributed by atoms with E-state index in [1.165, 1.54) is 6.08 Å². The summed E-state index contributed by atoms with van der Waals surface area (Å²) in [7, 11) is 0. The van der Waals surface area contributed by atoms with Gasteiger partial charge in [0.05, 0.1) is 4.47 Å². The Morgan fingerprint density at radius 3 is 2.41 bits per heavy atom. The molecule has 0 bridgehead atoms. The summed E-state index contributed by atoms with van der Waals surface area (Å²) in [5.74, 6) is 0.695. The second-order valence-electron chi connectivity index (χ2n) is 3.72. The van der Waals surface area contributed by atoms with Crippen molar-refractivity contribution in [1.82, 2.24) is 14.9 Å². The maximum absolute atomic E-state index is 11.4. The molecule has 1 aliphatic heterocycles. The highest BCUT2D eigenvalue weighted by Crippen LogP contribution is 2.13. The first-order valence-electron chi connectivity index (χ1n) is 5.34. The standard InChI is InChI=1S/C11H13BrN4O/c1-2-10(17)15-3-5-16(6-4-15)11-13-7-9(12)8-14-11/h2,7-8H,1,3-6H2. The molecule has 5 nitrogen and oxygen atoms in total. The largest absolute Gasteiger partial charge is 0.337 e. The van der Waals surface area contributed by atoms with Gasteiger partial charge in [0.25, 0.3) is 0 Å². The van der Waals surface area contributed by atoms with Crippen molar-refractivity contribution in [1.29, 1.82) is 0 Å². The smallest absolute Gasteiger partial charge is 0.246 e. The zero-order chi connectivity index (χ0) is 12.3. The average Bonchev–Trinajstić information content (AvgIpc) is 2.39. The van der Waals surface area contributed by atoms with Crippen molar-refractivity contribution in [3.8, 4) is 0 Å². The second kappa shape index (κ2) is 5.27. The third kappa shape index (κ3) is 2.82. The van der Waals surface area contributed by atoms with Crippen molar-refractivity contribution in [2.75, 3.05) is 31.1 Å². The van der Waals surface area contributed by atoms with Crippen LogP contribution in [-0.2, 0) is 4.79 Å². The molecular weight excluding hydrogens is 284 g/mol. The molecule has 0 spiro atoms. The molecule has 0 N–H and O–H groups in total. The summed E-state index contributed by atoms with van der Waals surface area (Å²) in [4.78, 5) is 23.7. The maximum atomic E-state index is 11.4. The molecule has 2 rings (SSSR count). The number of hydrogen-bond donors (Lipinski definition) is 0. The minimum Gasteiger partial charge on any atom is -0.337 e. The van der Waals surface area contributed by atoms with E-state index in [1.807, 2.05) is 0 Å². The van der Waals surface area contributed by atoms with E-state index in [9.17, 15) is 4.79 Å². The number of rotatable bonds is 2. The van der Waals surface area contributed by atoms with Crippen molar-refractivity contribution >= 4 is 27.8 Å². The van der Waals surface area contributed by atoms with Gasteiger partial charge in [-0.3, -0.25) is 4.79 Å². The lowest BCUT2D eigenvalue weighted by Crippen LogP contribution is -2.48. The van der Waals surface area contributed by atoms with Gasteiger partial charge in [0.2, 0.25) is 11.9 Å². The third-order valence-corrected chi connectivity index (χ3v) is 3.07. The van der Waals surface area contributed by atoms with E-state index in [0.717, 1.165) is 17.6 Å². The van der Waals surface area contributed by atoms with Crippen molar-refractivity contribution in [2.24, 2.45) is 0 Å². The molecule has 17 heavy (non-hydrogen) atoms. The Kier molecular flexibility index (Phi) is 3.73. The van der Waals surface area contributed by atoms with Crippen LogP contribution in [-0.4, -0.2) is 47.0 Å². The van der Waals surface area contributed by atoms with Crippen LogP contribution in [0.15, 0.2) is 29.5 Å².